The highest BCUT2D eigenvalue weighted by Crippen LogP contribution is 2.44. The highest BCUT2D eigenvalue weighted by molar-refractivity contribution is 5.71. The smallest absolute Gasteiger partial charge is 0.208 e. The fourth-order valence-electron chi connectivity index (χ4n) is 3.75. The van der Waals surface area contributed by atoms with E-state index in [4.69, 9.17) is 0 Å². The van der Waals surface area contributed by atoms with Crippen molar-refractivity contribution in [3.63, 3.8) is 0 Å². The minimum Gasteiger partial charge on any atom is -0.208 e. The highest BCUT2D eigenvalue weighted by atomic mass is 19.4. The number of hydrogen-bond acceptors (Lipinski definition) is 3. The Labute approximate surface area is 224 Å². The van der Waals surface area contributed by atoms with Gasteiger partial charge in [0.05, 0.1) is 22.3 Å². The minimum absolute atomic E-state index is 0.166. The second-order valence-corrected chi connectivity index (χ2v) is 8.42. The van der Waals surface area contributed by atoms with Gasteiger partial charge in [-0.1, -0.05) is 30.3 Å². The number of aromatic nitrogens is 3. The number of hydrogen-bond donors (Lipinski definition) is 0. The molecule has 0 saturated carbocycles. The zero-order valence-electron chi connectivity index (χ0n) is 19.8. The van der Waals surface area contributed by atoms with Crippen molar-refractivity contribution in [3.05, 3.63) is 88.5 Å². The Kier molecular flexibility index (Phi) is 7.44. The van der Waals surface area contributed by atoms with Gasteiger partial charge in [-0.05, 0) is 24.3 Å². The molecule has 222 valence electrons. The van der Waals surface area contributed by atoms with Crippen LogP contribution in [0.1, 0.15) is 22.3 Å². The predicted octanol–water partition coefficient (Wildman–Crippen LogP) is 9.23. The summed E-state index contributed by atoms with van der Waals surface area (Å²) in [6, 6.07) is 4.55. The molecule has 17 heteroatoms. The molecule has 0 bridgehead atoms. The number of halogens is 14. The maximum atomic E-state index is 14.1. The predicted molar refractivity (Wildman–Crippen MR) is 116 cm³/mol. The average Bonchev–Trinajstić information content (AvgIpc) is 2.86. The second-order valence-electron chi connectivity index (χ2n) is 8.42. The molecule has 0 atom stereocenters. The molecule has 4 rings (SSSR count). The fourth-order valence-corrected chi connectivity index (χ4v) is 3.75. The zero-order chi connectivity index (χ0) is 31.4. The lowest BCUT2D eigenvalue weighted by molar-refractivity contribution is -0.143. The zero-order valence-corrected chi connectivity index (χ0v) is 19.8. The summed E-state index contributed by atoms with van der Waals surface area (Å²) in [5, 5.41) is 0. The summed E-state index contributed by atoms with van der Waals surface area (Å²) in [7, 11) is 0. The first-order chi connectivity index (χ1) is 19.2. The van der Waals surface area contributed by atoms with Crippen molar-refractivity contribution in [2.75, 3.05) is 0 Å². The maximum Gasteiger partial charge on any atom is 0.419 e. The van der Waals surface area contributed by atoms with Crippen LogP contribution in [0.2, 0.25) is 0 Å². The van der Waals surface area contributed by atoms with E-state index >= 15 is 0 Å². The largest absolute Gasteiger partial charge is 0.419 e. The minimum atomic E-state index is -5.57. The van der Waals surface area contributed by atoms with Crippen LogP contribution in [-0.2, 0) is 24.7 Å². The van der Waals surface area contributed by atoms with Gasteiger partial charge in [-0.15, -0.1) is 0 Å². The van der Waals surface area contributed by atoms with Gasteiger partial charge in [-0.25, -0.2) is 23.7 Å². The molecule has 42 heavy (non-hydrogen) atoms. The van der Waals surface area contributed by atoms with Crippen molar-refractivity contribution >= 4 is 0 Å². The number of benzene rings is 3. The first kappa shape index (κ1) is 30.6. The Balaban J connectivity index is 2.16. The normalized spacial score (nSPS) is 13.0. The van der Waals surface area contributed by atoms with Gasteiger partial charge in [0.15, 0.2) is 17.5 Å². The topological polar surface area (TPSA) is 38.7 Å². The van der Waals surface area contributed by atoms with Crippen LogP contribution in [0.3, 0.4) is 0 Å². The van der Waals surface area contributed by atoms with Crippen LogP contribution < -0.4 is 0 Å². The summed E-state index contributed by atoms with van der Waals surface area (Å²) in [6.45, 7) is 0. The first-order valence-corrected chi connectivity index (χ1v) is 11.0. The summed E-state index contributed by atoms with van der Waals surface area (Å²) in [5.41, 5.74) is -12.0. The van der Waals surface area contributed by atoms with Crippen molar-refractivity contribution in [2.24, 2.45) is 0 Å². The molecule has 1 heterocycles. The Morgan fingerprint density at radius 2 is 0.738 bits per heavy atom. The van der Waals surface area contributed by atoms with Crippen LogP contribution in [0, 0.1) is 11.6 Å². The van der Waals surface area contributed by atoms with Crippen LogP contribution in [0.5, 0.6) is 0 Å². The van der Waals surface area contributed by atoms with Crippen LogP contribution >= 0.6 is 0 Å². The summed E-state index contributed by atoms with van der Waals surface area (Å²) in [4.78, 5) is 10.6. The van der Waals surface area contributed by atoms with Crippen molar-refractivity contribution < 1.29 is 61.5 Å². The van der Waals surface area contributed by atoms with Gasteiger partial charge in [0.25, 0.3) is 0 Å². The maximum absolute atomic E-state index is 14.1. The molecule has 0 aliphatic rings. The summed E-state index contributed by atoms with van der Waals surface area (Å²) < 4.78 is 191. The van der Waals surface area contributed by atoms with Crippen molar-refractivity contribution in [1.29, 1.82) is 0 Å². The number of alkyl halides is 12. The molecule has 0 fully saturated rings. The molecule has 0 radical (unpaired) electrons. The van der Waals surface area contributed by atoms with E-state index in [0.29, 0.717) is 0 Å². The van der Waals surface area contributed by atoms with E-state index in [-0.39, 0.29) is 17.7 Å². The summed E-state index contributed by atoms with van der Waals surface area (Å²) in [5.74, 6) is -8.30. The lowest BCUT2D eigenvalue weighted by Crippen LogP contribution is -2.16. The van der Waals surface area contributed by atoms with Gasteiger partial charge in [0.1, 0.15) is 11.6 Å². The fraction of sp³-hybridized carbons (Fsp3) is 0.160. The SMILES string of the molecule is Fc1cc(C(F)(F)F)c(-c2nc(-c3ccccc3)nc(-c3cc(C(F)(F)F)c(F)cc3C(F)(F)F)n2)cc1C(F)(F)F. The van der Waals surface area contributed by atoms with Crippen molar-refractivity contribution in [1.82, 2.24) is 15.0 Å². The third-order valence-corrected chi connectivity index (χ3v) is 5.59. The average molecular weight is 617 g/mol. The lowest BCUT2D eigenvalue weighted by atomic mass is 10.00. The van der Waals surface area contributed by atoms with E-state index in [0.717, 1.165) is 12.1 Å². The van der Waals surface area contributed by atoms with Gasteiger partial charge in [0.2, 0.25) is 0 Å². The van der Waals surface area contributed by atoms with Gasteiger partial charge in [0, 0.05) is 16.7 Å². The molecule has 0 unspecified atom stereocenters. The Morgan fingerprint density at radius 1 is 0.405 bits per heavy atom. The molecule has 0 saturated heterocycles. The Bertz CT molecular complexity index is 1540. The second kappa shape index (κ2) is 10.2. The monoisotopic (exact) mass is 617 g/mol. The third-order valence-electron chi connectivity index (χ3n) is 5.59. The third kappa shape index (κ3) is 6.13. The molecule has 0 aliphatic carbocycles. The molecular weight excluding hydrogens is 608 g/mol. The van der Waals surface area contributed by atoms with Gasteiger partial charge >= 0.3 is 24.7 Å². The van der Waals surface area contributed by atoms with Crippen LogP contribution in [-0.4, -0.2) is 15.0 Å². The van der Waals surface area contributed by atoms with Crippen molar-refractivity contribution in [3.8, 4) is 34.2 Å². The molecule has 0 amide bonds. The quantitative estimate of drug-likeness (QED) is 0.215. The summed E-state index contributed by atoms with van der Waals surface area (Å²) >= 11 is 0. The Hall–Kier alpha value is -4.31. The molecule has 0 aliphatic heterocycles. The van der Waals surface area contributed by atoms with E-state index in [9.17, 15) is 61.5 Å². The molecule has 1 aromatic heterocycles. The van der Waals surface area contributed by atoms with Gasteiger partial charge in [-0.3, -0.25) is 0 Å². The molecule has 0 N–H and O–H groups in total. The molecule has 3 aromatic carbocycles. The van der Waals surface area contributed by atoms with Crippen molar-refractivity contribution in [2.45, 2.75) is 24.7 Å². The first-order valence-electron chi connectivity index (χ1n) is 11.0. The standard InChI is InChI=1S/C25H9F14N3/c26-17-8-13(22(28,29)30)11(6-15(17)24(34,35)36)20-40-19(10-4-2-1-3-5-10)41-21(42-20)12-7-16(25(37,38)39)18(27)9-14(12)23(31,32)33/h1-9H. The van der Waals surface area contributed by atoms with E-state index < -0.39 is 99.3 Å². The summed E-state index contributed by atoms with van der Waals surface area (Å²) in [6.07, 6.45) is -22.3. The van der Waals surface area contributed by atoms with Crippen LogP contribution in [0.15, 0.2) is 54.6 Å². The molecule has 0 spiro atoms. The van der Waals surface area contributed by atoms with Crippen LogP contribution in [0.25, 0.3) is 34.2 Å². The lowest BCUT2D eigenvalue weighted by Gasteiger charge is -2.18. The molecular formula is C25H9F14N3. The highest BCUT2D eigenvalue weighted by Gasteiger charge is 2.43. The van der Waals surface area contributed by atoms with E-state index in [1.807, 2.05) is 0 Å². The Morgan fingerprint density at radius 3 is 1.07 bits per heavy atom. The van der Waals surface area contributed by atoms with Gasteiger partial charge in [-0.2, -0.15) is 52.7 Å². The van der Waals surface area contributed by atoms with E-state index in [2.05, 4.69) is 15.0 Å². The molecule has 4 aromatic rings. The van der Waals surface area contributed by atoms with Gasteiger partial charge < -0.3 is 0 Å². The number of nitrogens with zero attached hydrogens (tertiary/aromatic N) is 3. The van der Waals surface area contributed by atoms with E-state index in [1.54, 1.807) is 0 Å². The molecule has 3 nitrogen and oxygen atoms in total. The number of rotatable bonds is 3. The van der Waals surface area contributed by atoms with E-state index in [1.165, 1.54) is 18.2 Å². The van der Waals surface area contributed by atoms with Crippen LogP contribution in [0.4, 0.5) is 61.5 Å².